The van der Waals surface area contributed by atoms with Crippen LogP contribution in [-0.4, -0.2) is 12.1 Å². The minimum absolute atomic E-state index is 0.199. The molecule has 1 N–H and O–H groups in total. The zero-order valence-corrected chi connectivity index (χ0v) is 17.6. The molecule has 0 saturated heterocycles. The molecule has 4 nitrogen and oxygen atoms in total. The lowest BCUT2D eigenvalue weighted by atomic mass is 10.0. The molecule has 0 bridgehead atoms. The Morgan fingerprint density at radius 2 is 1.86 bits per heavy atom. The van der Waals surface area contributed by atoms with Gasteiger partial charge in [0.1, 0.15) is 11.5 Å². The van der Waals surface area contributed by atoms with Gasteiger partial charge in [-0.05, 0) is 46.7 Å². The van der Waals surface area contributed by atoms with Crippen molar-refractivity contribution in [3.8, 4) is 11.3 Å². The molecule has 1 amide bonds. The Kier molecular flexibility index (Phi) is 5.79. The normalized spacial score (nSPS) is 11.2. The molecule has 4 rings (SSSR count). The first-order valence-corrected chi connectivity index (χ1v) is 10.1. The molecular formula is C23H16BrClN2O2. The highest BCUT2D eigenvalue weighted by atomic mass is 79.9. The number of nitrogens with zero attached hydrogens (tertiary/aromatic N) is 1. The van der Waals surface area contributed by atoms with Gasteiger partial charge < -0.3 is 4.42 Å². The van der Waals surface area contributed by atoms with Crippen molar-refractivity contribution >= 4 is 50.4 Å². The molecule has 4 aromatic rings. The van der Waals surface area contributed by atoms with Crippen LogP contribution in [0.15, 0.2) is 86.8 Å². The Hall–Kier alpha value is -2.89. The number of carbonyl (C=O) groups excluding carboxylic acids is 1. The lowest BCUT2D eigenvalue weighted by molar-refractivity contribution is -0.120. The molecule has 6 heteroatoms. The summed E-state index contributed by atoms with van der Waals surface area (Å²) in [5.41, 5.74) is 4.38. The van der Waals surface area contributed by atoms with E-state index in [1.807, 2.05) is 60.7 Å². The molecule has 0 radical (unpaired) electrons. The third-order valence-corrected chi connectivity index (χ3v) is 5.36. The summed E-state index contributed by atoms with van der Waals surface area (Å²) in [4.78, 5) is 12.3. The first kappa shape index (κ1) is 19.4. The van der Waals surface area contributed by atoms with Crippen LogP contribution in [0.5, 0.6) is 0 Å². The number of furan rings is 1. The third kappa shape index (κ3) is 4.58. The maximum atomic E-state index is 12.3. The van der Waals surface area contributed by atoms with E-state index in [1.165, 1.54) is 6.21 Å². The second-order valence-electron chi connectivity index (χ2n) is 6.43. The fourth-order valence-corrected chi connectivity index (χ4v) is 3.75. The molecule has 0 saturated carbocycles. The molecule has 0 spiro atoms. The average molecular weight is 468 g/mol. The summed E-state index contributed by atoms with van der Waals surface area (Å²) in [5, 5.41) is 6.76. The first-order chi connectivity index (χ1) is 14.1. The number of halogens is 2. The molecule has 0 atom stereocenters. The molecule has 29 heavy (non-hydrogen) atoms. The Bertz CT molecular complexity index is 1220. The van der Waals surface area contributed by atoms with Crippen LogP contribution >= 0.6 is 27.5 Å². The van der Waals surface area contributed by atoms with Crippen LogP contribution in [0.1, 0.15) is 11.3 Å². The highest BCUT2D eigenvalue weighted by Crippen LogP contribution is 2.27. The minimum atomic E-state index is -0.199. The van der Waals surface area contributed by atoms with Crippen molar-refractivity contribution < 1.29 is 9.21 Å². The van der Waals surface area contributed by atoms with Gasteiger partial charge in [0.25, 0.3) is 0 Å². The van der Waals surface area contributed by atoms with E-state index in [1.54, 1.807) is 12.1 Å². The van der Waals surface area contributed by atoms with E-state index in [0.29, 0.717) is 16.5 Å². The smallest absolute Gasteiger partial charge is 0.244 e. The van der Waals surface area contributed by atoms with E-state index in [-0.39, 0.29) is 12.3 Å². The highest BCUT2D eigenvalue weighted by Gasteiger charge is 2.08. The quantitative estimate of drug-likeness (QED) is 0.280. The van der Waals surface area contributed by atoms with E-state index in [4.69, 9.17) is 16.0 Å². The molecule has 1 heterocycles. The second kappa shape index (κ2) is 8.64. The lowest BCUT2D eigenvalue weighted by Crippen LogP contribution is -2.19. The molecule has 0 aliphatic carbocycles. The van der Waals surface area contributed by atoms with Crippen LogP contribution < -0.4 is 5.43 Å². The van der Waals surface area contributed by atoms with Crippen molar-refractivity contribution in [2.45, 2.75) is 6.42 Å². The highest BCUT2D eigenvalue weighted by molar-refractivity contribution is 9.10. The summed E-state index contributed by atoms with van der Waals surface area (Å²) in [7, 11) is 0. The van der Waals surface area contributed by atoms with Crippen LogP contribution in [0, 0.1) is 0 Å². The first-order valence-electron chi connectivity index (χ1n) is 8.94. The summed E-state index contributed by atoms with van der Waals surface area (Å²) in [6, 6.07) is 22.9. The lowest BCUT2D eigenvalue weighted by Gasteiger charge is -2.07. The Balaban J connectivity index is 1.42. The van der Waals surface area contributed by atoms with Crippen molar-refractivity contribution in [2.24, 2.45) is 5.10 Å². The Labute approximate surface area is 181 Å². The summed E-state index contributed by atoms with van der Waals surface area (Å²) in [6.45, 7) is 0. The number of benzene rings is 3. The average Bonchev–Trinajstić information content (AvgIpc) is 3.19. The predicted molar refractivity (Wildman–Crippen MR) is 120 cm³/mol. The van der Waals surface area contributed by atoms with E-state index in [9.17, 15) is 4.79 Å². The summed E-state index contributed by atoms with van der Waals surface area (Å²) < 4.78 is 6.73. The maximum absolute atomic E-state index is 12.3. The van der Waals surface area contributed by atoms with Crippen LogP contribution in [0.3, 0.4) is 0 Å². The molecule has 1 aromatic heterocycles. The van der Waals surface area contributed by atoms with E-state index in [2.05, 4.69) is 26.5 Å². The van der Waals surface area contributed by atoms with Gasteiger partial charge >= 0.3 is 0 Å². The SMILES string of the molecule is O=C(Cc1ccc(Br)c2ccccc12)NN=Cc1ccc(-c2cccc(Cl)c2)o1. The monoisotopic (exact) mass is 466 g/mol. The summed E-state index contributed by atoms with van der Waals surface area (Å²) in [6.07, 6.45) is 1.71. The van der Waals surface area contributed by atoms with Gasteiger partial charge in [0.05, 0.1) is 12.6 Å². The van der Waals surface area contributed by atoms with Crippen LogP contribution in [0.2, 0.25) is 5.02 Å². The predicted octanol–water partition coefficient (Wildman–Crippen LogP) is 6.21. The van der Waals surface area contributed by atoms with Crippen LogP contribution in [-0.2, 0) is 11.2 Å². The summed E-state index contributed by atoms with van der Waals surface area (Å²) >= 11 is 9.56. The topological polar surface area (TPSA) is 54.6 Å². The van der Waals surface area contributed by atoms with Gasteiger partial charge in [0.15, 0.2) is 0 Å². The Morgan fingerprint density at radius 1 is 1.03 bits per heavy atom. The van der Waals surface area contributed by atoms with E-state index >= 15 is 0 Å². The number of rotatable bonds is 5. The van der Waals surface area contributed by atoms with Crippen molar-refractivity contribution in [3.63, 3.8) is 0 Å². The van der Waals surface area contributed by atoms with Gasteiger partial charge in [-0.1, -0.05) is 70.0 Å². The van der Waals surface area contributed by atoms with Gasteiger partial charge in [-0.3, -0.25) is 4.79 Å². The molecule has 144 valence electrons. The number of amides is 1. The standard InChI is InChI=1S/C23H16BrClN2O2/c24-21-10-8-15(19-6-1-2-7-20(19)21)13-23(28)27-26-14-18-9-11-22(29-18)16-4-3-5-17(25)12-16/h1-12,14H,13H2,(H,27,28). The van der Waals surface area contributed by atoms with Gasteiger partial charge in [0, 0.05) is 15.1 Å². The van der Waals surface area contributed by atoms with Gasteiger partial charge in [0.2, 0.25) is 5.91 Å². The van der Waals surface area contributed by atoms with Crippen molar-refractivity contribution in [2.75, 3.05) is 0 Å². The van der Waals surface area contributed by atoms with E-state index < -0.39 is 0 Å². The van der Waals surface area contributed by atoms with Crippen molar-refractivity contribution in [3.05, 3.63) is 93.6 Å². The van der Waals surface area contributed by atoms with Crippen LogP contribution in [0.25, 0.3) is 22.1 Å². The molecule has 0 fully saturated rings. The van der Waals surface area contributed by atoms with Gasteiger partial charge in [-0.2, -0.15) is 5.10 Å². The second-order valence-corrected chi connectivity index (χ2v) is 7.73. The van der Waals surface area contributed by atoms with Crippen molar-refractivity contribution in [1.82, 2.24) is 5.43 Å². The zero-order valence-electron chi connectivity index (χ0n) is 15.2. The summed E-state index contributed by atoms with van der Waals surface area (Å²) in [5.74, 6) is 1.02. The maximum Gasteiger partial charge on any atom is 0.244 e. The van der Waals surface area contributed by atoms with Gasteiger partial charge in [-0.15, -0.1) is 0 Å². The number of hydrazone groups is 1. The molecule has 3 aromatic carbocycles. The number of carbonyl (C=O) groups is 1. The van der Waals surface area contributed by atoms with Crippen LogP contribution in [0.4, 0.5) is 0 Å². The van der Waals surface area contributed by atoms with Crippen molar-refractivity contribution in [1.29, 1.82) is 0 Å². The van der Waals surface area contributed by atoms with Gasteiger partial charge in [-0.25, -0.2) is 5.43 Å². The zero-order chi connectivity index (χ0) is 20.2. The molecule has 0 aliphatic heterocycles. The molecular weight excluding hydrogens is 452 g/mol. The van der Waals surface area contributed by atoms with E-state index in [0.717, 1.165) is 26.4 Å². The number of hydrogen-bond acceptors (Lipinski definition) is 3. The molecule has 0 unspecified atom stereocenters. The third-order valence-electron chi connectivity index (χ3n) is 4.43. The Morgan fingerprint density at radius 3 is 2.69 bits per heavy atom. The fraction of sp³-hybridized carbons (Fsp3) is 0.0435. The number of nitrogens with one attached hydrogen (secondary N) is 1. The molecule has 0 aliphatic rings. The number of hydrogen-bond donors (Lipinski definition) is 1. The fourth-order valence-electron chi connectivity index (χ4n) is 3.08. The number of fused-ring (bicyclic) bond motifs is 1. The largest absolute Gasteiger partial charge is 0.455 e. The minimum Gasteiger partial charge on any atom is -0.455 e.